The van der Waals surface area contributed by atoms with Gasteiger partial charge < -0.3 is 0 Å². The van der Waals surface area contributed by atoms with Crippen LogP contribution in [0.3, 0.4) is 0 Å². The molecule has 0 N–H and O–H groups in total. The summed E-state index contributed by atoms with van der Waals surface area (Å²) in [7, 11) is 0. The number of aryl methyl sites for hydroxylation is 1. The minimum absolute atomic E-state index is 0.114. The maximum absolute atomic E-state index is 9.48. The molecular weight excluding hydrogens is 1010 g/mol. The Morgan fingerprint density at radius 2 is 1.26 bits per heavy atom. The summed E-state index contributed by atoms with van der Waals surface area (Å²) in [6, 6.07) is 36.2. The monoisotopic (exact) mass is 1080 g/mol. The van der Waals surface area contributed by atoms with Crippen LogP contribution in [0.1, 0.15) is 95.5 Å². The molecule has 3 aromatic heterocycles. The molecule has 0 bridgehead atoms. The number of hydrogen-bond donors (Lipinski definition) is 0. The number of aromatic nitrogens is 5. The van der Waals surface area contributed by atoms with Crippen molar-refractivity contribution in [3.8, 4) is 56.4 Å². The molecule has 6 aromatic carbocycles. The third kappa shape index (κ3) is 8.21. The zero-order chi connectivity index (χ0) is 54.7. The van der Waals surface area contributed by atoms with Crippen LogP contribution in [0.5, 0.6) is 11.5 Å². The van der Waals surface area contributed by atoms with E-state index < -0.39 is 37.3 Å². The quantitative estimate of drug-likeness (QED) is 0.149. The van der Waals surface area contributed by atoms with Gasteiger partial charge in [-0.25, -0.2) is 0 Å². The van der Waals surface area contributed by atoms with E-state index in [1.54, 1.807) is 21.8 Å². The third-order valence-electron chi connectivity index (χ3n) is 12.8. The van der Waals surface area contributed by atoms with E-state index in [2.05, 4.69) is 137 Å². The van der Waals surface area contributed by atoms with Crippen LogP contribution in [-0.4, -0.2) is 30.8 Å². The van der Waals surface area contributed by atoms with Crippen molar-refractivity contribution in [2.24, 2.45) is 0 Å². The first kappa shape index (κ1) is 36.5. The molecule has 0 saturated heterocycles. The number of benzene rings is 6. The second kappa shape index (κ2) is 16.9. The Balaban J connectivity index is 1.21. The van der Waals surface area contributed by atoms with Gasteiger partial charge >= 0.3 is 386 Å². The number of para-hydroxylation sites is 2. The Morgan fingerprint density at radius 3 is 1.93 bits per heavy atom. The standard InChI is InChI=1S/C59H59BN6O.Pt/c1-39-26-28-61-55(30-39)65-54-37-47(24-25-48(54)51-27-29-62-66(51)60(65)11)67-46-21-17-20-45(36-46)63-38-64(53-23-16-15-22-52(53)63)56-49(40-18-13-12-14-19-40)34-44(59(8,9)10)35-50(56)41-31-42(57(2,3)4)33-43(32-41)58(5,6)7;/h12-37H,1-11H3;/i11D3,12D,13D,14D,18D,19D;. The molecule has 1 aliphatic heterocycles. The first-order valence-corrected chi connectivity index (χ1v) is 24.1. The van der Waals surface area contributed by atoms with Crippen molar-refractivity contribution in [3.63, 3.8) is 0 Å². The fourth-order valence-electron chi connectivity index (χ4n) is 9.00. The first-order chi connectivity index (χ1) is 35.6. The van der Waals surface area contributed by atoms with Crippen LogP contribution in [0.4, 0.5) is 11.5 Å². The van der Waals surface area contributed by atoms with Gasteiger partial charge in [0.1, 0.15) is 0 Å². The predicted octanol–water partition coefficient (Wildman–Crippen LogP) is 15.2. The maximum atomic E-state index is 9.48. The molecule has 0 unspecified atom stereocenters. The number of nitrogens with zero attached hydrogens (tertiary/aromatic N) is 6. The van der Waals surface area contributed by atoms with Crippen molar-refractivity contribution in [3.05, 3.63) is 184 Å². The second-order valence-corrected chi connectivity index (χ2v) is 21.8. The summed E-state index contributed by atoms with van der Waals surface area (Å²) in [6.07, 6.45) is 3.29. The molecule has 0 radical (unpaired) electrons. The van der Waals surface area contributed by atoms with Crippen LogP contribution >= 0.6 is 0 Å². The van der Waals surface area contributed by atoms with Crippen LogP contribution in [0.15, 0.2) is 158 Å². The number of imidazole rings is 1. The van der Waals surface area contributed by atoms with Crippen molar-refractivity contribution >= 4 is 29.5 Å². The van der Waals surface area contributed by atoms with Crippen LogP contribution in [0.2, 0.25) is 6.75 Å². The Labute approximate surface area is 423 Å². The fourth-order valence-corrected chi connectivity index (χ4v) is 10.1. The van der Waals surface area contributed by atoms with Gasteiger partial charge in [-0.3, -0.25) is 0 Å². The molecule has 344 valence electrons. The number of hydrogen-bond acceptors (Lipinski definition) is 4. The second-order valence-electron chi connectivity index (χ2n) is 20.7. The Hall–Kier alpha value is -6.50. The molecule has 0 fully saturated rings. The van der Waals surface area contributed by atoms with Gasteiger partial charge in [0.25, 0.3) is 0 Å². The van der Waals surface area contributed by atoms with Gasteiger partial charge in [0.05, 0.1) is 0 Å². The van der Waals surface area contributed by atoms with Crippen LogP contribution in [-0.2, 0) is 35.6 Å². The molecule has 0 saturated carbocycles. The predicted molar refractivity (Wildman–Crippen MR) is 279 cm³/mol. The number of pyridine rings is 1. The molecule has 4 heterocycles. The summed E-state index contributed by atoms with van der Waals surface area (Å²) >= 11 is 2.35. The molecular formula is C59H59BN6OPt. The van der Waals surface area contributed by atoms with E-state index in [1.807, 2.05) is 85.8 Å². The van der Waals surface area contributed by atoms with E-state index in [-0.39, 0.29) is 28.5 Å². The van der Waals surface area contributed by atoms with Gasteiger partial charge in [-0.05, 0) is 18.6 Å². The molecule has 7 nitrogen and oxygen atoms in total. The molecule has 9 aromatic rings. The van der Waals surface area contributed by atoms with Gasteiger partial charge in [0.15, 0.2) is 0 Å². The van der Waals surface area contributed by atoms with Gasteiger partial charge in [-0.1, -0.05) is 0 Å². The SMILES string of the molecule is [2H]c1c([2H])c([2H])c(-c2cc(C(C)(C)C)cc(-c3cc(C(C)(C)C)cc(C(C)(C)C)c3)c2-n2[c](=[Pt])n(-c3cccc(Oc4ccc5c(c4)N(c4cc(C)ccn4)B(C([2H])([2H])[2H])n4nccc4-5)c3)c3ccccc32)c([2H])c1[2H]. The van der Waals surface area contributed by atoms with Crippen LogP contribution in [0.25, 0.3) is 55.9 Å². The van der Waals surface area contributed by atoms with Crippen molar-refractivity contribution in [2.75, 3.05) is 4.81 Å². The molecule has 0 atom stereocenters. The topological polar surface area (TPSA) is 53.0 Å². The molecule has 0 aliphatic carbocycles. The number of anilines is 2. The van der Waals surface area contributed by atoms with E-state index in [1.165, 1.54) is 0 Å². The van der Waals surface area contributed by atoms with Crippen LogP contribution < -0.4 is 9.55 Å². The molecule has 9 heteroatoms. The average Bonchev–Trinajstić information content (AvgIpc) is 4.01. The summed E-state index contributed by atoms with van der Waals surface area (Å²) in [4.78, 5) is 6.37. The van der Waals surface area contributed by atoms with E-state index >= 15 is 0 Å². The molecule has 1 aliphatic rings. The van der Waals surface area contributed by atoms with Crippen molar-refractivity contribution in [2.45, 2.75) is 92.2 Å². The first-order valence-electron chi connectivity index (χ1n) is 26.9. The summed E-state index contributed by atoms with van der Waals surface area (Å²) < 4.78 is 85.0. The van der Waals surface area contributed by atoms with Gasteiger partial charge in [-0.2, -0.15) is 5.10 Å². The molecule has 68 heavy (non-hydrogen) atoms. The van der Waals surface area contributed by atoms with E-state index in [0.29, 0.717) is 39.9 Å². The van der Waals surface area contributed by atoms with Gasteiger partial charge in [0.2, 0.25) is 0 Å². The molecule has 0 spiro atoms. The number of rotatable bonds is 7. The normalized spacial score (nSPS) is 14.8. The van der Waals surface area contributed by atoms with E-state index in [9.17, 15) is 2.74 Å². The van der Waals surface area contributed by atoms with E-state index in [4.69, 9.17) is 13.0 Å². The zero-order valence-electron chi connectivity index (χ0n) is 48.1. The van der Waals surface area contributed by atoms with E-state index in [0.717, 1.165) is 59.5 Å². The minimum atomic E-state index is -2.49. The third-order valence-corrected chi connectivity index (χ3v) is 13.8. The van der Waals surface area contributed by atoms with Gasteiger partial charge in [-0.15, -0.1) is 0 Å². The molecule has 10 rings (SSSR count). The average molecular weight is 1080 g/mol. The number of ether oxygens (including phenoxy) is 1. The fraction of sp³-hybridized carbons (Fsp3) is 0.237. The van der Waals surface area contributed by atoms with Crippen LogP contribution in [0, 0.1) is 10.7 Å². The summed E-state index contributed by atoms with van der Waals surface area (Å²) in [5, 5.41) is 4.49. The van der Waals surface area contributed by atoms with Crippen molar-refractivity contribution in [1.82, 2.24) is 23.8 Å². The van der Waals surface area contributed by atoms with Gasteiger partial charge in [0, 0.05) is 16.5 Å². The Morgan fingerprint density at radius 1 is 0.618 bits per heavy atom. The zero-order valence-corrected chi connectivity index (χ0v) is 42.4. The van der Waals surface area contributed by atoms with Crippen molar-refractivity contribution < 1.29 is 35.1 Å². The Bertz CT molecular complexity index is 3820. The van der Waals surface area contributed by atoms with Crippen molar-refractivity contribution in [1.29, 1.82) is 0 Å². The summed E-state index contributed by atoms with van der Waals surface area (Å²) in [6.45, 7) is 17.9. The Kier molecular flexibility index (Phi) is 9.09. The number of fused-ring (bicyclic) bond motifs is 4. The summed E-state index contributed by atoms with van der Waals surface area (Å²) in [5.74, 6) is 1.47. The molecule has 0 amide bonds. The summed E-state index contributed by atoms with van der Waals surface area (Å²) in [5.41, 5.74) is 10.9.